The third-order valence-electron chi connectivity index (χ3n) is 27.2. The van der Waals surface area contributed by atoms with Gasteiger partial charge in [-0.25, -0.2) is 0 Å². The van der Waals surface area contributed by atoms with E-state index in [4.69, 9.17) is 0 Å². The van der Waals surface area contributed by atoms with Crippen LogP contribution in [-0.2, 0) is 52.4 Å². The van der Waals surface area contributed by atoms with Gasteiger partial charge in [0.2, 0.25) is 0 Å². The molecule has 0 atom stereocenters. The van der Waals surface area contributed by atoms with Crippen molar-refractivity contribution in [2.24, 2.45) is 0 Å². The maximum Gasteiger partial charge on any atom is 0.120 e. The molecule has 8 heterocycles. The minimum absolute atomic E-state index is 0. The largest absolute Gasteiger partial charge is 0.508 e. The summed E-state index contributed by atoms with van der Waals surface area (Å²) in [5.74, 6) is 2.96. The van der Waals surface area contributed by atoms with Crippen molar-refractivity contribution in [2.45, 2.75) is 267 Å². The highest BCUT2D eigenvalue weighted by atomic mass is 16.3. The maximum absolute atomic E-state index is 10.7. The van der Waals surface area contributed by atoms with E-state index in [0.29, 0.717) is 46.0 Å². The number of phenols is 8. The highest BCUT2D eigenvalue weighted by molar-refractivity contribution is 5.91. The minimum Gasteiger partial charge on any atom is -0.508 e. The molecule has 8 N–H and O–H groups in total. The van der Waals surface area contributed by atoms with E-state index >= 15 is 0 Å². The van der Waals surface area contributed by atoms with Crippen LogP contribution in [0.1, 0.15) is 304 Å². The Labute approximate surface area is 773 Å². The van der Waals surface area contributed by atoms with Gasteiger partial charge in [-0.05, 0) is 375 Å². The lowest BCUT2D eigenvalue weighted by atomic mass is 9.95. The Morgan fingerprint density at radius 3 is 0.445 bits per heavy atom. The van der Waals surface area contributed by atoms with Crippen LogP contribution in [0.25, 0.3) is 45.6 Å². The molecule has 0 spiro atoms. The van der Waals surface area contributed by atoms with Crippen molar-refractivity contribution >= 4 is 45.6 Å². The highest BCUT2D eigenvalue weighted by Crippen LogP contribution is 2.39. The molecule has 8 fully saturated rings. The summed E-state index contributed by atoms with van der Waals surface area (Å²) in [5.41, 5.74) is 22.7. The monoisotopic (exact) mass is 1750 g/mol. The van der Waals surface area contributed by atoms with Crippen molar-refractivity contribution in [1.82, 2.24) is 39.2 Å². The van der Waals surface area contributed by atoms with Crippen LogP contribution in [0.2, 0.25) is 0 Å². The number of likely N-dealkylation sites (tertiary alicyclic amines) is 8. The second kappa shape index (κ2) is 52.6. The van der Waals surface area contributed by atoms with Crippen LogP contribution in [0.15, 0.2) is 146 Å². The van der Waals surface area contributed by atoms with Crippen molar-refractivity contribution in [3.05, 3.63) is 235 Å². The summed E-state index contributed by atoms with van der Waals surface area (Å²) < 4.78 is 0. The van der Waals surface area contributed by atoms with E-state index in [2.05, 4.69) is 166 Å². The average Bonchev–Trinajstić information content (AvgIpc) is 1.23. The Kier molecular flexibility index (Phi) is 43.5. The lowest BCUT2D eigenvalue weighted by molar-refractivity contribution is 0.218. The Bertz CT molecular complexity index is 4430. The molecule has 8 aromatic carbocycles. The molecule has 0 aliphatic carbocycles. The molecule has 8 aliphatic rings. The van der Waals surface area contributed by atoms with E-state index < -0.39 is 0 Å². The first kappa shape index (κ1) is 106. The number of benzene rings is 8. The van der Waals surface area contributed by atoms with Crippen molar-refractivity contribution in [1.29, 1.82) is 0 Å². The summed E-state index contributed by atoms with van der Waals surface area (Å²) in [6.07, 6.45) is 29.3. The highest BCUT2D eigenvalue weighted by Gasteiger charge is 2.24. The van der Waals surface area contributed by atoms with E-state index in [9.17, 15) is 40.9 Å². The SMILES string of the molecule is C.C.C.C.C.C.C/C(=C(/C)c1ccc(CN2CCCC2)c(O)c1)c1ccc(CN2CCCC2)c(O)c1.C/C(=C(/C)c1ccc(CN2CCCCC2)c(O)c1)c1ccc(CN2CCCCC2)c(O)c1.C/C(=C(\C)c1ccc(CN2CCCC2)c(O)c1)c1ccc(CN2CCCC2)c(O)c1.Oc1cc(/C=C\c2ccc(CN3CCCCC3)c(O)c2)ccc1CN1CCCCC1. The van der Waals surface area contributed by atoms with Crippen LogP contribution in [-0.4, -0.2) is 185 Å². The van der Waals surface area contributed by atoms with Crippen LogP contribution in [0.5, 0.6) is 46.0 Å². The molecular formula is C112H164N8O8. The van der Waals surface area contributed by atoms with Crippen molar-refractivity contribution in [3.63, 3.8) is 0 Å². The standard InChI is InChI=1S/C28H38N2O2.3C26H34N2O2.6CH4/c1-21(23-9-11-25(27(31)17-23)19-29-13-5-3-6-14-29)22(2)24-10-12-26(28(32)18-24)20-30-15-7-4-8-16-30;2*1-19(21-7-9-23(25(29)15-21)17-27-11-3-4-12-27)20(2)22-8-10-24(26(30)16-22)18-28-13-5-6-14-28;29-25-17-21(9-11-23(25)19-27-13-3-1-4-14-27)7-8-22-10-12-24(26(30)18-22)20-28-15-5-2-6-16-28;;;;;;/h9-12,17-18,31-32H,3-8,13-16,19-20H2,1-2H3;2*7-10,15-16,29-30H,3-6,11-14,17-18H2,1-2H3;7-12,17-18,29-30H,1-6,13-16,19-20H2;6*1H4/b22-21+;20-19+;20-19-;8-7-;;;;;;. The summed E-state index contributed by atoms with van der Waals surface area (Å²) in [5, 5.41) is 84.5. The van der Waals surface area contributed by atoms with Crippen molar-refractivity contribution < 1.29 is 40.9 Å². The molecule has 700 valence electrons. The summed E-state index contributed by atoms with van der Waals surface area (Å²) in [6.45, 7) is 37.0. The van der Waals surface area contributed by atoms with Gasteiger partial charge in [-0.1, -0.05) is 179 Å². The quantitative estimate of drug-likeness (QED) is 0.0267. The third-order valence-corrected chi connectivity index (χ3v) is 27.2. The van der Waals surface area contributed by atoms with Gasteiger partial charge < -0.3 is 40.9 Å². The predicted molar refractivity (Wildman–Crippen MR) is 543 cm³/mol. The number of hydrogen-bond acceptors (Lipinski definition) is 16. The molecule has 0 radical (unpaired) electrons. The maximum atomic E-state index is 10.7. The van der Waals surface area contributed by atoms with Gasteiger partial charge in [0, 0.05) is 96.9 Å². The molecule has 0 unspecified atom stereocenters. The minimum atomic E-state index is 0. The van der Waals surface area contributed by atoms with Gasteiger partial charge in [0.05, 0.1) is 0 Å². The van der Waals surface area contributed by atoms with Gasteiger partial charge in [0.25, 0.3) is 0 Å². The van der Waals surface area contributed by atoms with Gasteiger partial charge in [-0.2, -0.15) is 0 Å². The second-order valence-electron chi connectivity index (χ2n) is 36.2. The second-order valence-corrected chi connectivity index (χ2v) is 36.2. The number of allylic oxidation sites excluding steroid dienone is 6. The first-order valence-corrected chi connectivity index (χ1v) is 46.3. The fraction of sp³-hybridized carbons (Fsp3) is 0.500. The summed E-state index contributed by atoms with van der Waals surface area (Å²) in [7, 11) is 0. The first-order chi connectivity index (χ1) is 59.2. The zero-order valence-corrected chi connectivity index (χ0v) is 74.3. The topological polar surface area (TPSA) is 188 Å². The van der Waals surface area contributed by atoms with E-state index in [1.54, 1.807) is 0 Å². The molecule has 8 aliphatic heterocycles. The molecule has 128 heavy (non-hydrogen) atoms. The number of hydrogen-bond donors (Lipinski definition) is 8. The zero-order valence-electron chi connectivity index (χ0n) is 74.3. The number of piperidine rings is 4. The van der Waals surface area contributed by atoms with Crippen LogP contribution in [0, 0.1) is 0 Å². The Balaban J connectivity index is 0.000000230. The van der Waals surface area contributed by atoms with Gasteiger partial charge in [-0.3, -0.25) is 39.2 Å². The molecule has 8 saturated heterocycles. The zero-order chi connectivity index (χ0) is 85.4. The lowest BCUT2D eigenvalue weighted by Crippen LogP contribution is -2.29. The normalized spacial score (nSPS) is 18.0. The van der Waals surface area contributed by atoms with Gasteiger partial charge in [-0.15, -0.1) is 0 Å². The van der Waals surface area contributed by atoms with Gasteiger partial charge >= 0.3 is 0 Å². The lowest BCUT2D eigenvalue weighted by Gasteiger charge is -2.27. The fourth-order valence-electron chi connectivity index (χ4n) is 18.9. The Morgan fingerprint density at radius 1 is 0.188 bits per heavy atom. The Morgan fingerprint density at radius 2 is 0.312 bits per heavy atom. The smallest absolute Gasteiger partial charge is 0.120 e. The molecular weight excluding hydrogens is 1590 g/mol. The number of aromatic hydroxyl groups is 8. The van der Waals surface area contributed by atoms with Crippen LogP contribution >= 0.6 is 0 Å². The summed E-state index contributed by atoms with van der Waals surface area (Å²) in [4.78, 5) is 19.3. The van der Waals surface area contributed by atoms with E-state index in [1.807, 2.05) is 72.8 Å². The molecule has 16 heteroatoms. The van der Waals surface area contributed by atoms with E-state index in [1.165, 1.54) is 128 Å². The molecule has 0 aromatic heterocycles. The first-order valence-electron chi connectivity index (χ1n) is 46.3. The fourth-order valence-corrected chi connectivity index (χ4v) is 18.9. The van der Waals surface area contributed by atoms with E-state index in [0.717, 1.165) is 280 Å². The molecule has 0 saturated carbocycles. The van der Waals surface area contributed by atoms with Crippen molar-refractivity contribution in [2.75, 3.05) is 105 Å². The molecule has 0 bridgehead atoms. The third kappa shape index (κ3) is 30.2. The molecule has 8 aromatic rings. The number of rotatable bonds is 24. The predicted octanol–water partition coefficient (Wildman–Crippen LogP) is 25.6. The van der Waals surface area contributed by atoms with Crippen molar-refractivity contribution in [3.8, 4) is 46.0 Å². The van der Waals surface area contributed by atoms with Gasteiger partial charge in [0.15, 0.2) is 0 Å². The average molecular weight is 1750 g/mol. The summed E-state index contributed by atoms with van der Waals surface area (Å²) in [6, 6.07) is 48.1. The number of nitrogens with zero attached hydrogens (tertiary/aromatic N) is 8. The van der Waals surface area contributed by atoms with Crippen LogP contribution in [0.3, 0.4) is 0 Å². The Hall–Kier alpha value is -9.20. The van der Waals surface area contributed by atoms with Crippen LogP contribution < -0.4 is 0 Å². The molecule has 16 rings (SSSR count). The summed E-state index contributed by atoms with van der Waals surface area (Å²) >= 11 is 0. The van der Waals surface area contributed by atoms with E-state index in [-0.39, 0.29) is 44.6 Å². The van der Waals surface area contributed by atoms with Gasteiger partial charge in [0.1, 0.15) is 46.0 Å². The molecule has 0 amide bonds. The number of phenolic OH excluding ortho intramolecular Hbond substituents is 8. The van der Waals surface area contributed by atoms with Crippen LogP contribution in [0.4, 0.5) is 0 Å². The molecule has 16 nitrogen and oxygen atoms in total.